The minimum absolute atomic E-state index is 0.0103. The number of ether oxygens (including phenoxy) is 12. The van der Waals surface area contributed by atoms with Crippen molar-refractivity contribution in [1.82, 2.24) is 0 Å². The van der Waals surface area contributed by atoms with Gasteiger partial charge in [0.1, 0.15) is 29.5 Å². The van der Waals surface area contributed by atoms with Crippen LogP contribution in [0.25, 0.3) is 5.57 Å². The fourth-order valence-corrected chi connectivity index (χ4v) is 6.71. The molecule has 1 aliphatic carbocycles. The minimum atomic E-state index is -4.27. The smallest absolute Gasteiger partial charge is 0.344 e. The predicted molar refractivity (Wildman–Crippen MR) is 242 cm³/mol. The van der Waals surface area contributed by atoms with Crippen LogP contribution < -0.4 is 9.47 Å². The van der Waals surface area contributed by atoms with Crippen molar-refractivity contribution in [3.63, 3.8) is 0 Å². The SMILES string of the molecule is COCCOCC(COCCOC)OC1=CC(=C(\C(=O)Oc2c(C)cc(C(=O)OC)cc2C)c2cc(OC(COCCOC)COCCOC)ccc2C)/C(=N/CCCS(=O)(=O)O)C=C1. The number of carbonyl (C=O) groups excluding carboxylic acids is 2. The molecule has 65 heavy (non-hydrogen) atoms. The summed E-state index contributed by atoms with van der Waals surface area (Å²) in [5.41, 5.74) is 2.94. The van der Waals surface area contributed by atoms with Crippen molar-refractivity contribution in [3.05, 3.63) is 87.7 Å². The largest absolute Gasteiger partial charge is 0.486 e. The molecule has 0 radical (unpaired) electrons. The van der Waals surface area contributed by atoms with Gasteiger partial charge in [-0.3, -0.25) is 9.55 Å². The van der Waals surface area contributed by atoms with Gasteiger partial charge in [0.05, 0.1) is 109 Å². The molecule has 0 amide bonds. The molecule has 2 aromatic rings. The number of esters is 2. The summed E-state index contributed by atoms with van der Waals surface area (Å²) in [5, 5.41) is 0. The van der Waals surface area contributed by atoms with E-state index in [0.717, 1.165) is 0 Å². The van der Waals surface area contributed by atoms with Crippen molar-refractivity contribution in [2.24, 2.45) is 4.99 Å². The number of benzene rings is 2. The first-order valence-corrected chi connectivity index (χ1v) is 22.6. The normalized spacial score (nSPS) is 14.3. The molecule has 2 aromatic carbocycles. The van der Waals surface area contributed by atoms with Crippen molar-refractivity contribution in [3.8, 4) is 11.5 Å². The Balaban J connectivity index is 2.28. The monoisotopic (exact) mass is 935 g/mol. The van der Waals surface area contributed by atoms with Crippen LogP contribution in [-0.4, -0.2) is 170 Å². The van der Waals surface area contributed by atoms with E-state index in [4.69, 9.17) is 61.8 Å². The summed E-state index contributed by atoms with van der Waals surface area (Å²) in [6.07, 6.45) is 3.74. The van der Waals surface area contributed by atoms with E-state index in [-0.39, 0.29) is 61.9 Å². The van der Waals surface area contributed by atoms with Gasteiger partial charge in [0.2, 0.25) is 0 Å². The second-order valence-electron chi connectivity index (χ2n) is 14.6. The van der Waals surface area contributed by atoms with Crippen LogP contribution >= 0.6 is 0 Å². The Bertz CT molecular complexity index is 2000. The predicted octanol–water partition coefficient (Wildman–Crippen LogP) is 4.71. The Hall–Kier alpha value is -4.54. The highest BCUT2D eigenvalue weighted by atomic mass is 32.2. The zero-order valence-corrected chi connectivity index (χ0v) is 39.5. The molecule has 362 valence electrons. The van der Waals surface area contributed by atoms with Crippen molar-refractivity contribution >= 4 is 33.3 Å². The molecule has 0 unspecified atom stereocenters. The van der Waals surface area contributed by atoms with E-state index >= 15 is 4.79 Å². The number of aliphatic imine (C=N–C) groups is 1. The standard InChI is InChI=1S/C46H65NO17S/c1-32-10-11-36(62-38(28-58-19-15-53-4)29-59-20-16-54-5)26-40(32)43(46(49)64-44-33(2)24-35(25-34(44)3)45(48)57-8)41-27-37(12-13-42(41)47-14-9-23-65(50,51)52)63-39(30-60-21-17-55-6)31-61-22-18-56-7/h10-13,24-27,38-39H,9,14-23,28-31H2,1-8H3,(H,50,51,52)/b43-41+,47-42+. The molecule has 19 heteroatoms. The third-order valence-electron chi connectivity index (χ3n) is 9.39. The summed E-state index contributed by atoms with van der Waals surface area (Å²) in [7, 11) is 3.31. The van der Waals surface area contributed by atoms with Gasteiger partial charge < -0.3 is 56.8 Å². The Kier molecular flexibility index (Phi) is 25.2. The highest BCUT2D eigenvalue weighted by molar-refractivity contribution is 7.85. The Labute approximate surface area is 382 Å². The Morgan fingerprint density at radius 1 is 0.677 bits per heavy atom. The van der Waals surface area contributed by atoms with Crippen LogP contribution in [0.1, 0.15) is 39.0 Å². The lowest BCUT2D eigenvalue weighted by Crippen LogP contribution is -2.30. The molecule has 0 atom stereocenters. The number of nitrogens with zero attached hydrogens (tertiary/aromatic N) is 1. The lowest BCUT2D eigenvalue weighted by Gasteiger charge is -2.24. The average molecular weight is 936 g/mol. The fraction of sp³-hybridized carbons (Fsp3) is 0.543. The van der Waals surface area contributed by atoms with Crippen molar-refractivity contribution in [2.75, 3.05) is 127 Å². The fourth-order valence-electron chi connectivity index (χ4n) is 6.22. The van der Waals surface area contributed by atoms with Gasteiger partial charge in [-0.15, -0.1) is 0 Å². The molecule has 0 spiro atoms. The van der Waals surface area contributed by atoms with E-state index in [1.54, 1.807) is 90.8 Å². The quantitative estimate of drug-likeness (QED) is 0.0346. The van der Waals surface area contributed by atoms with E-state index in [1.807, 2.05) is 6.92 Å². The first kappa shape index (κ1) is 54.8. The minimum Gasteiger partial charge on any atom is -0.486 e. The maximum atomic E-state index is 15.0. The van der Waals surface area contributed by atoms with Gasteiger partial charge in [0, 0.05) is 40.6 Å². The van der Waals surface area contributed by atoms with Gasteiger partial charge in [-0.25, -0.2) is 9.59 Å². The highest BCUT2D eigenvalue weighted by Crippen LogP contribution is 2.34. The van der Waals surface area contributed by atoms with Gasteiger partial charge in [-0.1, -0.05) is 6.07 Å². The van der Waals surface area contributed by atoms with E-state index in [0.29, 0.717) is 92.3 Å². The molecule has 0 aromatic heterocycles. The third kappa shape index (κ3) is 19.8. The lowest BCUT2D eigenvalue weighted by atomic mass is 9.90. The molecule has 3 rings (SSSR count). The van der Waals surface area contributed by atoms with E-state index in [9.17, 15) is 17.8 Å². The van der Waals surface area contributed by atoms with E-state index in [2.05, 4.69) is 0 Å². The number of methoxy groups -OCH3 is 5. The van der Waals surface area contributed by atoms with E-state index in [1.165, 1.54) is 7.11 Å². The van der Waals surface area contributed by atoms with Gasteiger partial charge >= 0.3 is 11.9 Å². The van der Waals surface area contributed by atoms with Crippen LogP contribution in [-0.2, 0) is 62.3 Å². The Morgan fingerprint density at radius 3 is 1.69 bits per heavy atom. The molecule has 0 fully saturated rings. The number of hydrogen-bond donors (Lipinski definition) is 1. The van der Waals surface area contributed by atoms with Crippen LogP contribution in [0.3, 0.4) is 0 Å². The summed E-state index contributed by atoms with van der Waals surface area (Å²) in [6.45, 7) is 8.56. The second kappa shape index (κ2) is 29.9. The molecule has 0 aliphatic heterocycles. The van der Waals surface area contributed by atoms with E-state index < -0.39 is 40.0 Å². The van der Waals surface area contributed by atoms with Gasteiger partial charge in [0.15, 0.2) is 0 Å². The summed E-state index contributed by atoms with van der Waals surface area (Å²) in [5.74, 6) is -0.959. The Morgan fingerprint density at radius 2 is 1.20 bits per heavy atom. The molecule has 1 N–H and O–H groups in total. The zero-order chi connectivity index (χ0) is 47.6. The first-order chi connectivity index (χ1) is 31.2. The molecular formula is C46H65NO17S. The zero-order valence-electron chi connectivity index (χ0n) is 38.7. The van der Waals surface area contributed by atoms with Crippen LogP contribution in [0.4, 0.5) is 0 Å². The topological polar surface area (TPSA) is 212 Å². The van der Waals surface area contributed by atoms with Crippen LogP contribution in [0.15, 0.2) is 64.9 Å². The summed E-state index contributed by atoms with van der Waals surface area (Å²) in [4.78, 5) is 32.2. The van der Waals surface area contributed by atoms with Gasteiger partial charge in [-0.2, -0.15) is 8.42 Å². The average Bonchev–Trinajstić information content (AvgIpc) is 3.27. The second-order valence-corrected chi connectivity index (χ2v) is 16.2. The van der Waals surface area contributed by atoms with Crippen LogP contribution in [0.2, 0.25) is 0 Å². The molecule has 18 nitrogen and oxygen atoms in total. The van der Waals surface area contributed by atoms with Gasteiger partial charge in [-0.05, 0) is 91.9 Å². The summed E-state index contributed by atoms with van der Waals surface area (Å²) >= 11 is 0. The summed E-state index contributed by atoms with van der Waals surface area (Å²) in [6, 6.07) is 8.39. The first-order valence-electron chi connectivity index (χ1n) is 21.0. The third-order valence-corrected chi connectivity index (χ3v) is 10.2. The van der Waals surface area contributed by atoms with Crippen LogP contribution in [0, 0.1) is 20.8 Å². The van der Waals surface area contributed by atoms with Crippen LogP contribution in [0.5, 0.6) is 11.5 Å². The molecule has 0 saturated carbocycles. The molecular weight excluding hydrogens is 871 g/mol. The number of allylic oxidation sites excluding steroid dienone is 4. The summed E-state index contributed by atoms with van der Waals surface area (Å²) < 4.78 is 101. The maximum absolute atomic E-state index is 15.0. The molecule has 1 aliphatic rings. The maximum Gasteiger partial charge on any atom is 0.344 e. The number of carbonyl (C=O) groups is 2. The van der Waals surface area contributed by atoms with Gasteiger partial charge in [0.25, 0.3) is 10.1 Å². The number of rotatable bonds is 32. The molecule has 0 heterocycles. The molecule has 0 saturated heterocycles. The lowest BCUT2D eigenvalue weighted by molar-refractivity contribution is -0.128. The van der Waals surface area contributed by atoms with Crippen molar-refractivity contribution in [1.29, 1.82) is 0 Å². The number of aryl methyl sites for hydroxylation is 3. The molecule has 0 bridgehead atoms. The number of hydrogen-bond acceptors (Lipinski definition) is 17. The van der Waals surface area contributed by atoms with Crippen molar-refractivity contribution < 1.29 is 79.4 Å². The highest BCUT2D eigenvalue weighted by Gasteiger charge is 2.28. The van der Waals surface area contributed by atoms with Crippen molar-refractivity contribution in [2.45, 2.75) is 39.4 Å².